The van der Waals surface area contributed by atoms with Crippen LogP contribution in [-0.2, 0) is 9.53 Å². The summed E-state index contributed by atoms with van der Waals surface area (Å²) in [6, 6.07) is 0.0250. The van der Waals surface area contributed by atoms with E-state index in [0.29, 0.717) is 6.54 Å². The molecule has 0 spiro atoms. The second-order valence-electron chi connectivity index (χ2n) is 4.61. The Kier molecular flexibility index (Phi) is 5.40. The molecule has 0 aromatic rings. The Hall–Kier alpha value is -0.820. The molecule has 0 aromatic carbocycles. The van der Waals surface area contributed by atoms with Gasteiger partial charge >= 0.3 is 6.18 Å². The number of carbonyl (C=O) groups excluding carboxylic acids is 1. The molecule has 0 saturated heterocycles. The molecular formula is C11H19F3N2O2. The first-order valence-electron chi connectivity index (χ1n) is 5.95. The van der Waals surface area contributed by atoms with Gasteiger partial charge in [-0.25, -0.2) is 0 Å². The first kappa shape index (κ1) is 15.2. The summed E-state index contributed by atoms with van der Waals surface area (Å²) in [4.78, 5) is 13.1. The number of alkyl halides is 3. The number of rotatable bonds is 5. The average molecular weight is 268 g/mol. The number of halogens is 3. The van der Waals surface area contributed by atoms with Crippen molar-refractivity contribution >= 4 is 5.91 Å². The lowest BCUT2D eigenvalue weighted by atomic mass is 10.0. The Morgan fingerprint density at radius 2 is 2.11 bits per heavy atom. The van der Waals surface area contributed by atoms with Crippen molar-refractivity contribution in [2.24, 2.45) is 11.7 Å². The standard InChI is InChI=1S/C11H19F3N2O2/c1-16(9-4-2-3-8(9)5-15)10(17)6-18-7-11(12,13)14/h8-9H,2-7,15H2,1H3. The molecule has 1 amide bonds. The van der Waals surface area contributed by atoms with Gasteiger partial charge in [-0.15, -0.1) is 0 Å². The Morgan fingerprint density at radius 1 is 1.44 bits per heavy atom. The third-order valence-corrected chi connectivity index (χ3v) is 3.30. The van der Waals surface area contributed by atoms with Gasteiger partial charge < -0.3 is 15.4 Å². The van der Waals surface area contributed by atoms with Crippen LogP contribution in [0.2, 0.25) is 0 Å². The molecule has 1 aliphatic carbocycles. The second-order valence-corrected chi connectivity index (χ2v) is 4.61. The molecule has 2 N–H and O–H groups in total. The Labute approximate surface area is 104 Å². The maximum atomic E-state index is 11.9. The summed E-state index contributed by atoms with van der Waals surface area (Å²) >= 11 is 0. The highest BCUT2D eigenvalue weighted by Crippen LogP contribution is 2.28. The van der Waals surface area contributed by atoms with Crippen molar-refractivity contribution < 1.29 is 22.7 Å². The van der Waals surface area contributed by atoms with Crippen molar-refractivity contribution in [1.82, 2.24) is 4.90 Å². The number of likely N-dealkylation sites (N-methyl/N-ethyl adjacent to an activating group) is 1. The van der Waals surface area contributed by atoms with Gasteiger partial charge in [0.25, 0.3) is 0 Å². The summed E-state index contributed by atoms with van der Waals surface area (Å²) in [5.41, 5.74) is 5.60. The molecule has 7 heteroatoms. The molecule has 1 fully saturated rings. The normalized spacial score (nSPS) is 24.3. The number of nitrogens with zero attached hydrogens (tertiary/aromatic N) is 1. The molecule has 1 aliphatic rings. The lowest BCUT2D eigenvalue weighted by Gasteiger charge is -2.29. The van der Waals surface area contributed by atoms with Crippen LogP contribution in [0.1, 0.15) is 19.3 Å². The summed E-state index contributed by atoms with van der Waals surface area (Å²) in [5, 5.41) is 0. The van der Waals surface area contributed by atoms with Crippen molar-refractivity contribution in [2.75, 3.05) is 26.8 Å². The lowest BCUT2D eigenvalue weighted by Crippen LogP contribution is -2.43. The summed E-state index contributed by atoms with van der Waals surface area (Å²) < 4.78 is 39.9. The minimum absolute atomic E-state index is 0.0250. The maximum Gasteiger partial charge on any atom is 0.411 e. The van der Waals surface area contributed by atoms with Crippen LogP contribution in [0.25, 0.3) is 0 Å². The van der Waals surface area contributed by atoms with Gasteiger partial charge in [0, 0.05) is 13.1 Å². The first-order chi connectivity index (χ1) is 8.35. The third-order valence-electron chi connectivity index (χ3n) is 3.30. The summed E-state index contributed by atoms with van der Waals surface area (Å²) in [6.07, 6.45) is -1.59. The monoisotopic (exact) mass is 268 g/mol. The van der Waals surface area contributed by atoms with Gasteiger partial charge in [-0.3, -0.25) is 4.79 Å². The summed E-state index contributed by atoms with van der Waals surface area (Å²) in [5.74, 6) is -0.189. The SMILES string of the molecule is CN(C(=O)COCC(F)(F)F)C1CCCC1CN. The fraction of sp³-hybridized carbons (Fsp3) is 0.909. The second kappa shape index (κ2) is 6.38. The molecule has 0 bridgehead atoms. The Balaban J connectivity index is 2.37. The highest BCUT2D eigenvalue weighted by atomic mass is 19.4. The van der Waals surface area contributed by atoms with E-state index in [0.717, 1.165) is 19.3 Å². The number of carbonyl (C=O) groups is 1. The van der Waals surface area contributed by atoms with Crippen LogP contribution < -0.4 is 5.73 Å². The van der Waals surface area contributed by atoms with Gasteiger partial charge in [0.1, 0.15) is 13.2 Å². The highest BCUT2D eigenvalue weighted by Gasteiger charge is 2.32. The van der Waals surface area contributed by atoms with Crippen LogP contribution >= 0.6 is 0 Å². The van der Waals surface area contributed by atoms with Gasteiger partial charge in [0.15, 0.2) is 0 Å². The van der Waals surface area contributed by atoms with Crippen LogP contribution in [0.5, 0.6) is 0 Å². The van der Waals surface area contributed by atoms with Crippen LogP contribution in [0.4, 0.5) is 13.2 Å². The topological polar surface area (TPSA) is 55.6 Å². The zero-order valence-electron chi connectivity index (χ0n) is 10.4. The molecule has 0 aliphatic heterocycles. The summed E-state index contributed by atoms with van der Waals surface area (Å²) in [6.45, 7) is -1.44. The van der Waals surface area contributed by atoms with E-state index in [1.165, 1.54) is 4.90 Å². The molecule has 2 atom stereocenters. The van der Waals surface area contributed by atoms with Crippen molar-refractivity contribution in [2.45, 2.75) is 31.5 Å². The van der Waals surface area contributed by atoms with Crippen molar-refractivity contribution in [3.8, 4) is 0 Å². The number of amides is 1. The summed E-state index contributed by atoms with van der Waals surface area (Å²) in [7, 11) is 1.60. The van der Waals surface area contributed by atoms with E-state index < -0.39 is 25.3 Å². The van der Waals surface area contributed by atoms with Gasteiger partial charge in [0.05, 0.1) is 0 Å². The van der Waals surface area contributed by atoms with Crippen LogP contribution in [-0.4, -0.2) is 49.8 Å². The van der Waals surface area contributed by atoms with Crippen LogP contribution in [0.3, 0.4) is 0 Å². The Bertz CT molecular complexity index is 284. The minimum atomic E-state index is -4.40. The molecule has 0 aromatic heterocycles. The van der Waals surface area contributed by atoms with Gasteiger partial charge in [-0.1, -0.05) is 6.42 Å². The molecule has 0 radical (unpaired) electrons. The van der Waals surface area contributed by atoms with Gasteiger partial charge in [-0.05, 0) is 25.3 Å². The van der Waals surface area contributed by atoms with E-state index in [1.54, 1.807) is 7.05 Å². The fourth-order valence-corrected chi connectivity index (χ4v) is 2.34. The van der Waals surface area contributed by atoms with E-state index in [1.807, 2.05) is 0 Å². The average Bonchev–Trinajstić information content (AvgIpc) is 2.73. The third kappa shape index (κ3) is 4.45. The quantitative estimate of drug-likeness (QED) is 0.813. The molecule has 1 saturated carbocycles. The number of hydrogen-bond acceptors (Lipinski definition) is 3. The zero-order chi connectivity index (χ0) is 13.8. The fourth-order valence-electron chi connectivity index (χ4n) is 2.34. The lowest BCUT2D eigenvalue weighted by molar-refractivity contribution is -0.178. The first-order valence-corrected chi connectivity index (χ1v) is 5.95. The Morgan fingerprint density at radius 3 is 2.67 bits per heavy atom. The van der Waals surface area contributed by atoms with E-state index in [-0.39, 0.29) is 12.0 Å². The molecule has 18 heavy (non-hydrogen) atoms. The van der Waals surface area contributed by atoms with Gasteiger partial charge in [0.2, 0.25) is 5.91 Å². The van der Waals surface area contributed by atoms with Crippen LogP contribution in [0, 0.1) is 5.92 Å². The van der Waals surface area contributed by atoms with Crippen molar-refractivity contribution in [3.63, 3.8) is 0 Å². The molecule has 1 rings (SSSR count). The maximum absolute atomic E-state index is 11.9. The van der Waals surface area contributed by atoms with E-state index in [4.69, 9.17) is 5.73 Å². The molecular weight excluding hydrogens is 249 g/mol. The predicted octanol–water partition coefficient (Wildman–Crippen LogP) is 1.15. The highest BCUT2D eigenvalue weighted by molar-refractivity contribution is 5.77. The largest absolute Gasteiger partial charge is 0.411 e. The van der Waals surface area contributed by atoms with E-state index in [2.05, 4.69) is 4.74 Å². The molecule has 0 heterocycles. The minimum Gasteiger partial charge on any atom is -0.362 e. The molecule has 106 valence electrons. The van der Waals surface area contributed by atoms with Crippen molar-refractivity contribution in [3.05, 3.63) is 0 Å². The number of ether oxygens (including phenoxy) is 1. The van der Waals surface area contributed by atoms with Crippen molar-refractivity contribution in [1.29, 1.82) is 0 Å². The molecule has 4 nitrogen and oxygen atoms in total. The predicted molar refractivity (Wildman–Crippen MR) is 59.8 cm³/mol. The van der Waals surface area contributed by atoms with E-state index >= 15 is 0 Å². The molecule has 2 unspecified atom stereocenters. The number of hydrogen-bond donors (Lipinski definition) is 1. The smallest absolute Gasteiger partial charge is 0.362 e. The number of nitrogens with two attached hydrogens (primary N) is 1. The zero-order valence-corrected chi connectivity index (χ0v) is 10.4. The van der Waals surface area contributed by atoms with Gasteiger partial charge in [-0.2, -0.15) is 13.2 Å². The van der Waals surface area contributed by atoms with E-state index in [9.17, 15) is 18.0 Å². The van der Waals surface area contributed by atoms with Crippen LogP contribution in [0.15, 0.2) is 0 Å².